The molecule has 1 aromatic heterocycles. The van der Waals surface area contributed by atoms with Crippen LogP contribution < -0.4 is 9.47 Å². The molecule has 1 heterocycles. The van der Waals surface area contributed by atoms with E-state index in [0.29, 0.717) is 16.8 Å². The number of rotatable bonds is 6. The van der Waals surface area contributed by atoms with E-state index in [0.717, 1.165) is 31.4 Å². The third kappa shape index (κ3) is 5.31. The summed E-state index contributed by atoms with van der Waals surface area (Å²) in [5.74, 6) is -0.00640. The van der Waals surface area contributed by atoms with Gasteiger partial charge in [-0.25, -0.2) is 4.68 Å². The SMILES string of the molecule is CC(C)Oc1ccc(C(F)(F)F)cc1-n1cc(-c2ccc(OC(F)(F)F)cc2)c(C2CCC2)n1. The van der Waals surface area contributed by atoms with Crippen LogP contribution in [0.3, 0.4) is 0 Å². The van der Waals surface area contributed by atoms with E-state index in [1.165, 1.54) is 35.0 Å². The summed E-state index contributed by atoms with van der Waals surface area (Å²) in [6, 6.07) is 8.55. The standard InChI is InChI=1S/C24H22F6N2O2/c1-14(2)33-21-11-8-17(23(25,26)27)12-20(21)32-13-19(22(31-32)16-4-3-5-16)15-6-9-18(10-7-15)34-24(28,29)30/h6-14,16H,3-5H2,1-2H3. The largest absolute Gasteiger partial charge is 0.573 e. The molecule has 1 saturated carbocycles. The van der Waals surface area contributed by atoms with Crippen LogP contribution in [0.5, 0.6) is 11.5 Å². The summed E-state index contributed by atoms with van der Waals surface area (Å²) in [5.41, 5.74) is 1.20. The molecule has 0 atom stereocenters. The normalized spacial score (nSPS) is 14.9. The minimum absolute atomic E-state index is 0.114. The van der Waals surface area contributed by atoms with Gasteiger partial charge in [-0.2, -0.15) is 18.3 Å². The number of benzene rings is 2. The lowest BCUT2D eigenvalue weighted by atomic mass is 9.81. The maximum absolute atomic E-state index is 13.4. The van der Waals surface area contributed by atoms with Crippen LogP contribution in [0.4, 0.5) is 26.3 Å². The smallest absolute Gasteiger partial charge is 0.489 e. The molecule has 4 nitrogen and oxygen atoms in total. The van der Waals surface area contributed by atoms with Crippen LogP contribution >= 0.6 is 0 Å². The number of ether oxygens (including phenoxy) is 2. The first-order valence-electron chi connectivity index (χ1n) is 10.7. The molecule has 0 radical (unpaired) electrons. The summed E-state index contributed by atoms with van der Waals surface area (Å²) in [5, 5.41) is 4.61. The van der Waals surface area contributed by atoms with Crippen molar-refractivity contribution in [2.45, 2.75) is 57.7 Å². The Kier molecular flexibility index (Phi) is 6.26. The highest BCUT2D eigenvalue weighted by molar-refractivity contribution is 5.68. The van der Waals surface area contributed by atoms with Crippen molar-refractivity contribution in [3.8, 4) is 28.3 Å². The average molecular weight is 484 g/mol. The maximum atomic E-state index is 13.4. The molecule has 2 aromatic carbocycles. The summed E-state index contributed by atoms with van der Waals surface area (Å²) >= 11 is 0. The Hall–Kier alpha value is -3.17. The Labute approximate surface area is 192 Å². The van der Waals surface area contributed by atoms with Gasteiger partial charge in [0.1, 0.15) is 17.2 Å². The summed E-state index contributed by atoms with van der Waals surface area (Å²) in [7, 11) is 0. The topological polar surface area (TPSA) is 36.3 Å². The minimum atomic E-state index is -4.81. The van der Waals surface area contributed by atoms with Crippen LogP contribution in [0.15, 0.2) is 48.7 Å². The molecule has 0 unspecified atom stereocenters. The van der Waals surface area contributed by atoms with E-state index < -0.39 is 18.1 Å². The summed E-state index contributed by atoms with van der Waals surface area (Å²) < 4.78 is 88.7. The Balaban J connectivity index is 1.79. The van der Waals surface area contributed by atoms with Gasteiger partial charge in [-0.15, -0.1) is 13.2 Å². The number of hydrogen-bond acceptors (Lipinski definition) is 3. The lowest BCUT2D eigenvalue weighted by Gasteiger charge is -2.24. The zero-order valence-electron chi connectivity index (χ0n) is 18.4. The number of hydrogen-bond donors (Lipinski definition) is 0. The third-order valence-electron chi connectivity index (χ3n) is 5.53. The van der Waals surface area contributed by atoms with Crippen molar-refractivity contribution < 1.29 is 35.8 Å². The molecule has 3 aromatic rings. The molecule has 0 N–H and O–H groups in total. The van der Waals surface area contributed by atoms with Gasteiger partial charge in [0, 0.05) is 17.7 Å². The highest BCUT2D eigenvalue weighted by Crippen LogP contribution is 2.42. The van der Waals surface area contributed by atoms with Gasteiger partial charge < -0.3 is 9.47 Å². The van der Waals surface area contributed by atoms with Gasteiger partial charge >= 0.3 is 12.5 Å². The van der Waals surface area contributed by atoms with Crippen molar-refractivity contribution in [1.29, 1.82) is 0 Å². The van der Waals surface area contributed by atoms with Gasteiger partial charge in [0.2, 0.25) is 0 Å². The molecule has 182 valence electrons. The number of halogens is 6. The molecule has 4 rings (SSSR count). The molecule has 0 aliphatic heterocycles. The third-order valence-corrected chi connectivity index (χ3v) is 5.53. The average Bonchev–Trinajstić information content (AvgIpc) is 3.09. The van der Waals surface area contributed by atoms with Gasteiger partial charge in [-0.05, 0) is 62.6 Å². The summed E-state index contributed by atoms with van der Waals surface area (Å²) in [6.07, 6.45) is -5.30. The molecule has 1 aliphatic rings. The first-order valence-corrected chi connectivity index (χ1v) is 10.7. The fraction of sp³-hybridized carbons (Fsp3) is 0.375. The Morgan fingerprint density at radius 3 is 2.18 bits per heavy atom. The molecule has 1 fully saturated rings. The molecule has 1 aliphatic carbocycles. The molecule has 0 bridgehead atoms. The molecule has 0 saturated heterocycles. The van der Waals surface area contributed by atoms with E-state index in [4.69, 9.17) is 4.74 Å². The predicted octanol–water partition coefficient (Wildman–Crippen LogP) is 7.51. The van der Waals surface area contributed by atoms with E-state index in [-0.39, 0.29) is 29.2 Å². The second kappa shape index (κ2) is 8.88. The summed E-state index contributed by atoms with van der Waals surface area (Å²) in [4.78, 5) is 0. The predicted molar refractivity (Wildman–Crippen MR) is 113 cm³/mol. The second-order valence-electron chi connectivity index (χ2n) is 8.42. The van der Waals surface area contributed by atoms with Crippen LogP contribution in [0.1, 0.15) is 50.3 Å². The molecule has 0 spiro atoms. The number of alkyl halides is 6. The quantitative estimate of drug-likeness (QED) is 0.340. The first kappa shape index (κ1) is 24.0. The Morgan fingerprint density at radius 2 is 1.65 bits per heavy atom. The number of nitrogens with zero attached hydrogens (tertiary/aromatic N) is 2. The van der Waals surface area contributed by atoms with Crippen molar-refractivity contribution in [3.63, 3.8) is 0 Å². The van der Waals surface area contributed by atoms with Crippen LogP contribution in [0.2, 0.25) is 0 Å². The van der Waals surface area contributed by atoms with Crippen molar-refractivity contribution in [3.05, 3.63) is 59.9 Å². The highest BCUT2D eigenvalue weighted by Gasteiger charge is 2.33. The van der Waals surface area contributed by atoms with E-state index in [1.807, 2.05) is 0 Å². The monoisotopic (exact) mass is 484 g/mol. The number of aromatic nitrogens is 2. The van der Waals surface area contributed by atoms with E-state index in [2.05, 4.69) is 9.84 Å². The Bertz CT molecular complexity index is 1150. The molecule has 10 heteroatoms. The van der Waals surface area contributed by atoms with Crippen molar-refractivity contribution >= 4 is 0 Å². The van der Waals surface area contributed by atoms with Crippen molar-refractivity contribution in [2.75, 3.05) is 0 Å². The van der Waals surface area contributed by atoms with Gasteiger partial charge in [-0.1, -0.05) is 18.6 Å². The van der Waals surface area contributed by atoms with Gasteiger partial charge in [-0.3, -0.25) is 0 Å². The zero-order valence-corrected chi connectivity index (χ0v) is 18.4. The van der Waals surface area contributed by atoms with Crippen LogP contribution in [0.25, 0.3) is 16.8 Å². The van der Waals surface area contributed by atoms with Crippen LogP contribution in [0, 0.1) is 0 Å². The van der Waals surface area contributed by atoms with Crippen LogP contribution in [-0.2, 0) is 6.18 Å². The molecule has 34 heavy (non-hydrogen) atoms. The fourth-order valence-corrected chi connectivity index (χ4v) is 3.78. The van der Waals surface area contributed by atoms with Crippen molar-refractivity contribution in [1.82, 2.24) is 9.78 Å². The molecule has 0 amide bonds. The fourth-order valence-electron chi connectivity index (χ4n) is 3.78. The first-order chi connectivity index (χ1) is 15.9. The molecular formula is C24H22F6N2O2. The maximum Gasteiger partial charge on any atom is 0.573 e. The van der Waals surface area contributed by atoms with Crippen molar-refractivity contribution in [2.24, 2.45) is 0 Å². The van der Waals surface area contributed by atoms with Crippen LogP contribution in [-0.4, -0.2) is 22.2 Å². The van der Waals surface area contributed by atoms with Gasteiger partial charge in [0.05, 0.1) is 17.4 Å². The van der Waals surface area contributed by atoms with E-state index in [9.17, 15) is 26.3 Å². The second-order valence-corrected chi connectivity index (χ2v) is 8.42. The van der Waals surface area contributed by atoms with Gasteiger partial charge in [0.25, 0.3) is 0 Å². The van der Waals surface area contributed by atoms with Gasteiger partial charge in [0.15, 0.2) is 0 Å². The highest BCUT2D eigenvalue weighted by atomic mass is 19.4. The van der Waals surface area contributed by atoms with E-state index >= 15 is 0 Å². The minimum Gasteiger partial charge on any atom is -0.489 e. The summed E-state index contributed by atoms with van der Waals surface area (Å²) in [6.45, 7) is 3.53. The van der Waals surface area contributed by atoms with E-state index in [1.54, 1.807) is 20.0 Å². The lowest BCUT2D eigenvalue weighted by Crippen LogP contribution is -2.16. The Morgan fingerprint density at radius 1 is 0.971 bits per heavy atom. The molecular weight excluding hydrogens is 462 g/mol. The lowest BCUT2D eigenvalue weighted by molar-refractivity contribution is -0.274. The zero-order chi connectivity index (χ0) is 24.7.